The van der Waals surface area contributed by atoms with Crippen molar-refractivity contribution in [2.45, 2.75) is 13.2 Å². The van der Waals surface area contributed by atoms with Crippen molar-refractivity contribution < 1.29 is 18.7 Å². The van der Waals surface area contributed by atoms with Gasteiger partial charge in [0.2, 0.25) is 0 Å². The third-order valence-electron chi connectivity index (χ3n) is 3.99. The lowest BCUT2D eigenvalue weighted by Gasteiger charge is -2.26. The lowest BCUT2D eigenvalue weighted by atomic mass is 10.2. The van der Waals surface area contributed by atoms with E-state index in [4.69, 9.17) is 9.47 Å². The van der Waals surface area contributed by atoms with Gasteiger partial charge in [-0.15, -0.1) is 12.4 Å². The standard InChI is InChI=1S/C19H21FN2O3.ClH/c20-18-7-6-17(24-13-15-4-2-1-3-5-15)12-16(18)14-25-19(23)22-10-8-21-9-11-22;/h1-7,12,21H,8-11,13-14H2;1H. The van der Waals surface area contributed by atoms with Crippen LogP contribution in [0.5, 0.6) is 5.75 Å². The van der Waals surface area contributed by atoms with Gasteiger partial charge in [0.05, 0.1) is 0 Å². The molecule has 1 saturated heterocycles. The third kappa shape index (κ3) is 5.61. The fourth-order valence-corrected chi connectivity index (χ4v) is 2.57. The van der Waals surface area contributed by atoms with Crippen molar-refractivity contribution in [1.82, 2.24) is 10.2 Å². The van der Waals surface area contributed by atoms with Gasteiger partial charge in [-0.25, -0.2) is 9.18 Å². The fraction of sp³-hybridized carbons (Fsp3) is 0.316. The van der Waals surface area contributed by atoms with Gasteiger partial charge < -0.3 is 19.7 Å². The summed E-state index contributed by atoms with van der Waals surface area (Å²) in [7, 11) is 0. The Kier molecular flexibility index (Phi) is 7.69. The molecule has 0 radical (unpaired) electrons. The van der Waals surface area contributed by atoms with Crippen molar-refractivity contribution in [2.75, 3.05) is 26.2 Å². The van der Waals surface area contributed by atoms with Gasteiger partial charge in [-0.05, 0) is 23.8 Å². The Balaban J connectivity index is 0.00000243. The Hall–Kier alpha value is -2.31. The second-order valence-corrected chi connectivity index (χ2v) is 5.82. The van der Waals surface area contributed by atoms with E-state index in [1.165, 1.54) is 6.07 Å². The van der Waals surface area contributed by atoms with E-state index in [2.05, 4.69) is 5.32 Å². The summed E-state index contributed by atoms with van der Waals surface area (Å²) in [4.78, 5) is 13.6. The summed E-state index contributed by atoms with van der Waals surface area (Å²) in [5, 5.41) is 3.16. The van der Waals surface area contributed by atoms with Crippen molar-refractivity contribution in [1.29, 1.82) is 0 Å². The monoisotopic (exact) mass is 380 g/mol. The first-order valence-electron chi connectivity index (χ1n) is 8.30. The number of piperazine rings is 1. The van der Waals surface area contributed by atoms with E-state index in [-0.39, 0.29) is 19.0 Å². The average molecular weight is 381 g/mol. The summed E-state index contributed by atoms with van der Waals surface area (Å²) in [5.74, 6) is 0.124. The van der Waals surface area contributed by atoms with Crippen LogP contribution in [-0.4, -0.2) is 37.2 Å². The quantitative estimate of drug-likeness (QED) is 0.864. The maximum absolute atomic E-state index is 14.0. The van der Waals surface area contributed by atoms with Crippen LogP contribution in [0.1, 0.15) is 11.1 Å². The summed E-state index contributed by atoms with van der Waals surface area (Å²) < 4.78 is 24.9. The van der Waals surface area contributed by atoms with Gasteiger partial charge in [0.25, 0.3) is 0 Å². The van der Waals surface area contributed by atoms with Crippen molar-refractivity contribution in [3.63, 3.8) is 0 Å². The average Bonchev–Trinajstić information content (AvgIpc) is 2.67. The molecule has 2 aromatic rings. The molecule has 1 fully saturated rings. The van der Waals surface area contributed by atoms with Crippen LogP contribution in [-0.2, 0) is 18.0 Å². The maximum Gasteiger partial charge on any atom is 0.410 e. The van der Waals surface area contributed by atoms with Gasteiger partial charge in [0.15, 0.2) is 0 Å². The molecule has 1 aliphatic rings. The van der Waals surface area contributed by atoms with Crippen molar-refractivity contribution in [2.24, 2.45) is 0 Å². The number of nitrogens with one attached hydrogen (secondary N) is 1. The zero-order chi connectivity index (χ0) is 17.5. The minimum Gasteiger partial charge on any atom is -0.489 e. The van der Waals surface area contributed by atoms with Crippen LogP contribution in [0.15, 0.2) is 48.5 Å². The molecule has 0 bridgehead atoms. The Labute approximate surface area is 158 Å². The summed E-state index contributed by atoms with van der Waals surface area (Å²) in [6.45, 7) is 2.96. The number of amides is 1. The molecule has 0 aromatic heterocycles. The molecule has 0 spiro atoms. The van der Waals surface area contributed by atoms with E-state index in [1.54, 1.807) is 17.0 Å². The smallest absolute Gasteiger partial charge is 0.410 e. The van der Waals surface area contributed by atoms with Gasteiger partial charge in [0.1, 0.15) is 24.8 Å². The highest BCUT2D eigenvalue weighted by atomic mass is 35.5. The number of rotatable bonds is 5. The van der Waals surface area contributed by atoms with Gasteiger partial charge in [-0.3, -0.25) is 0 Å². The lowest BCUT2D eigenvalue weighted by Crippen LogP contribution is -2.46. The molecule has 0 aliphatic carbocycles. The van der Waals surface area contributed by atoms with Crippen LogP contribution in [0.4, 0.5) is 9.18 Å². The van der Waals surface area contributed by atoms with Crippen LogP contribution in [0.2, 0.25) is 0 Å². The van der Waals surface area contributed by atoms with E-state index >= 15 is 0 Å². The zero-order valence-electron chi connectivity index (χ0n) is 14.3. The number of hydrogen-bond acceptors (Lipinski definition) is 4. The summed E-state index contributed by atoms with van der Waals surface area (Å²) in [5.41, 5.74) is 1.33. The van der Waals surface area contributed by atoms with Crippen molar-refractivity contribution in [3.05, 3.63) is 65.5 Å². The number of carbonyl (C=O) groups excluding carboxylic acids is 1. The topological polar surface area (TPSA) is 50.8 Å². The predicted molar refractivity (Wildman–Crippen MR) is 99.0 cm³/mol. The SMILES string of the molecule is Cl.O=C(OCc1cc(OCc2ccccc2)ccc1F)N1CCNCC1. The zero-order valence-corrected chi connectivity index (χ0v) is 15.1. The van der Waals surface area contributed by atoms with E-state index in [0.29, 0.717) is 31.0 Å². The van der Waals surface area contributed by atoms with Gasteiger partial charge >= 0.3 is 6.09 Å². The summed E-state index contributed by atoms with van der Waals surface area (Å²) >= 11 is 0. The molecule has 140 valence electrons. The number of hydrogen-bond donors (Lipinski definition) is 1. The molecule has 0 atom stereocenters. The molecule has 2 aromatic carbocycles. The molecular weight excluding hydrogens is 359 g/mol. The Morgan fingerprint density at radius 3 is 2.54 bits per heavy atom. The first-order chi connectivity index (χ1) is 12.2. The molecule has 0 unspecified atom stereocenters. The van der Waals surface area contributed by atoms with E-state index in [1.807, 2.05) is 30.3 Å². The fourth-order valence-electron chi connectivity index (χ4n) is 2.57. The lowest BCUT2D eigenvalue weighted by molar-refractivity contribution is 0.0908. The maximum atomic E-state index is 14.0. The number of halogens is 2. The summed E-state index contributed by atoms with van der Waals surface area (Å²) in [6.07, 6.45) is -0.420. The minimum absolute atomic E-state index is 0. The molecule has 5 nitrogen and oxygen atoms in total. The van der Waals surface area contributed by atoms with Crippen LogP contribution in [0.3, 0.4) is 0 Å². The molecule has 1 amide bonds. The number of carbonyl (C=O) groups is 1. The molecule has 26 heavy (non-hydrogen) atoms. The Bertz CT molecular complexity index is 709. The second kappa shape index (κ2) is 9.99. The molecule has 3 rings (SSSR count). The first-order valence-corrected chi connectivity index (χ1v) is 8.30. The molecular formula is C19H22ClFN2O3. The summed E-state index contributed by atoms with van der Waals surface area (Å²) in [6, 6.07) is 14.2. The Morgan fingerprint density at radius 1 is 1.08 bits per heavy atom. The molecule has 1 aliphatic heterocycles. The van der Waals surface area contributed by atoms with Crippen molar-refractivity contribution >= 4 is 18.5 Å². The second-order valence-electron chi connectivity index (χ2n) is 5.82. The number of nitrogens with zero attached hydrogens (tertiary/aromatic N) is 1. The van der Waals surface area contributed by atoms with Crippen molar-refractivity contribution in [3.8, 4) is 5.75 Å². The number of benzene rings is 2. The van der Waals surface area contributed by atoms with Crippen LogP contribution < -0.4 is 10.1 Å². The van der Waals surface area contributed by atoms with E-state index in [9.17, 15) is 9.18 Å². The molecule has 1 N–H and O–H groups in total. The minimum atomic E-state index is -0.420. The highest BCUT2D eigenvalue weighted by Gasteiger charge is 2.18. The molecule has 1 heterocycles. The van der Waals surface area contributed by atoms with Gasteiger partial charge in [0, 0.05) is 31.7 Å². The highest BCUT2D eigenvalue weighted by Crippen LogP contribution is 2.19. The normalized spacial score (nSPS) is 13.7. The largest absolute Gasteiger partial charge is 0.489 e. The van der Waals surface area contributed by atoms with Gasteiger partial charge in [-0.2, -0.15) is 0 Å². The van der Waals surface area contributed by atoms with Crippen LogP contribution >= 0.6 is 12.4 Å². The predicted octanol–water partition coefficient (Wildman–Crippen LogP) is 3.37. The molecule has 0 saturated carbocycles. The number of ether oxygens (including phenoxy) is 2. The van der Waals surface area contributed by atoms with Crippen LogP contribution in [0.25, 0.3) is 0 Å². The highest BCUT2D eigenvalue weighted by molar-refractivity contribution is 5.85. The Morgan fingerprint density at radius 2 is 1.81 bits per heavy atom. The first kappa shape index (κ1) is 20.0. The van der Waals surface area contributed by atoms with Gasteiger partial charge in [-0.1, -0.05) is 30.3 Å². The van der Waals surface area contributed by atoms with Crippen LogP contribution in [0, 0.1) is 5.82 Å². The van der Waals surface area contributed by atoms with E-state index in [0.717, 1.165) is 18.7 Å². The molecule has 7 heteroatoms. The van der Waals surface area contributed by atoms with E-state index < -0.39 is 11.9 Å². The third-order valence-corrected chi connectivity index (χ3v) is 3.99.